The first kappa shape index (κ1) is 18.3. The number of rotatable bonds is 5. The van der Waals surface area contributed by atoms with Gasteiger partial charge in [0.05, 0.1) is 31.4 Å². The summed E-state index contributed by atoms with van der Waals surface area (Å²) in [5, 5.41) is 29.3. The fraction of sp³-hybridized carbons (Fsp3) is 0.900. The van der Waals surface area contributed by atoms with E-state index in [1.165, 1.54) is 7.11 Å². The van der Waals surface area contributed by atoms with Crippen LogP contribution in [0.15, 0.2) is 0 Å². The number of aliphatic hydroxyl groups is 2. The molecule has 0 aliphatic carbocycles. The molecule has 0 aromatic rings. The number of carboxylic acids is 1. The van der Waals surface area contributed by atoms with Gasteiger partial charge in [-0.3, -0.25) is 0 Å². The number of aliphatic hydroxyl groups excluding tert-OH is 2. The van der Waals surface area contributed by atoms with E-state index >= 15 is 0 Å². The van der Waals surface area contributed by atoms with Gasteiger partial charge in [0.1, 0.15) is 6.10 Å². The molecule has 0 amide bonds. The fourth-order valence-electron chi connectivity index (χ4n) is 1.79. The normalized spacial score (nSPS) is 35.9. The number of ether oxygens (including phenoxy) is 3. The Kier molecular flexibility index (Phi) is 8.57. The number of carboxylic acid groups (broad SMARTS) is 1. The Hall–Kier alpha value is 0.270. The van der Waals surface area contributed by atoms with Crippen LogP contribution in [0.3, 0.4) is 0 Å². The molecule has 18 heavy (non-hydrogen) atoms. The monoisotopic (exact) mass is 272 g/mol. The van der Waals surface area contributed by atoms with Crippen molar-refractivity contribution < 1.29 is 63.9 Å². The Balaban J connectivity index is 0.00000289. The molecule has 1 aliphatic rings. The van der Waals surface area contributed by atoms with Crippen molar-refractivity contribution in [2.24, 2.45) is 5.92 Å². The van der Waals surface area contributed by atoms with Gasteiger partial charge in [0.25, 0.3) is 0 Å². The summed E-state index contributed by atoms with van der Waals surface area (Å²) < 4.78 is 15.3. The molecule has 0 saturated carbocycles. The first-order valence-corrected chi connectivity index (χ1v) is 5.29. The van der Waals surface area contributed by atoms with E-state index in [1.54, 1.807) is 6.92 Å². The number of hydrogen-bond donors (Lipinski definition) is 2. The predicted octanol–water partition coefficient (Wildman–Crippen LogP) is -5.51. The molecule has 1 rings (SSSR count). The Bertz CT molecular complexity index is 261. The first-order valence-electron chi connectivity index (χ1n) is 5.29. The Morgan fingerprint density at radius 1 is 1.50 bits per heavy atom. The zero-order valence-corrected chi connectivity index (χ0v) is 12.7. The van der Waals surface area contributed by atoms with Crippen LogP contribution >= 0.6 is 0 Å². The fourth-order valence-corrected chi connectivity index (χ4v) is 1.79. The van der Waals surface area contributed by atoms with E-state index in [0.717, 1.165) is 0 Å². The smallest absolute Gasteiger partial charge is 0.548 e. The van der Waals surface area contributed by atoms with Gasteiger partial charge in [0, 0.05) is 13.0 Å². The maximum absolute atomic E-state index is 10.3. The van der Waals surface area contributed by atoms with Crippen molar-refractivity contribution in [2.45, 2.75) is 31.5 Å². The van der Waals surface area contributed by atoms with E-state index < -0.39 is 43.1 Å². The van der Waals surface area contributed by atoms with Gasteiger partial charge in [-0.2, -0.15) is 0 Å². The Morgan fingerprint density at radius 3 is 2.56 bits per heavy atom. The average molecular weight is 272 g/mol. The van der Waals surface area contributed by atoms with Gasteiger partial charge in [-0.1, -0.05) is 6.92 Å². The first-order chi connectivity index (χ1) is 8.01. The summed E-state index contributed by atoms with van der Waals surface area (Å²) in [5.41, 5.74) is 0. The van der Waals surface area contributed by atoms with Crippen LogP contribution in [-0.2, 0) is 19.0 Å². The van der Waals surface area contributed by atoms with Crippen molar-refractivity contribution in [3.05, 3.63) is 0 Å². The minimum absolute atomic E-state index is 0. The van der Waals surface area contributed by atoms with Crippen molar-refractivity contribution in [1.29, 1.82) is 0 Å². The largest absolute Gasteiger partial charge is 1.00 e. The van der Waals surface area contributed by atoms with Gasteiger partial charge in [0.2, 0.25) is 0 Å². The van der Waals surface area contributed by atoms with Crippen molar-refractivity contribution in [3.8, 4) is 0 Å². The molecule has 2 N–H and O–H groups in total. The number of carbonyl (C=O) groups is 1. The van der Waals surface area contributed by atoms with Gasteiger partial charge in [0.15, 0.2) is 6.29 Å². The van der Waals surface area contributed by atoms with E-state index in [1.807, 2.05) is 0 Å². The molecule has 1 fully saturated rings. The third-order valence-corrected chi connectivity index (χ3v) is 2.84. The van der Waals surface area contributed by atoms with E-state index in [4.69, 9.17) is 19.3 Å². The third-order valence-electron chi connectivity index (χ3n) is 2.84. The summed E-state index contributed by atoms with van der Waals surface area (Å²) in [6.45, 7) is 0.763. The van der Waals surface area contributed by atoms with Crippen LogP contribution in [0.5, 0.6) is 0 Å². The molecule has 2 unspecified atom stereocenters. The quantitative estimate of drug-likeness (QED) is 0.480. The molecule has 0 spiro atoms. The number of hydrogen-bond acceptors (Lipinski definition) is 7. The number of methoxy groups -OCH3 is 1. The van der Waals surface area contributed by atoms with Crippen LogP contribution in [0.2, 0.25) is 0 Å². The predicted molar refractivity (Wildman–Crippen MR) is 52.7 cm³/mol. The molecule has 1 aliphatic heterocycles. The van der Waals surface area contributed by atoms with Crippen molar-refractivity contribution >= 4 is 5.97 Å². The second-order valence-corrected chi connectivity index (χ2v) is 3.96. The molecule has 5 atom stereocenters. The average Bonchev–Trinajstić information content (AvgIpc) is 2.30. The topological polar surface area (TPSA) is 108 Å². The zero-order chi connectivity index (χ0) is 13.0. The van der Waals surface area contributed by atoms with E-state index in [2.05, 4.69) is 0 Å². The van der Waals surface area contributed by atoms with Crippen LogP contribution in [0.1, 0.15) is 6.92 Å². The SMILES string of the molecule is CO[C@@H]1OC(CO)[C@@H](C)[C@H](O)C1OCC(=O)[O-].[Na+]. The van der Waals surface area contributed by atoms with Gasteiger partial charge in [-0.25, -0.2) is 0 Å². The molecular weight excluding hydrogens is 255 g/mol. The summed E-state index contributed by atoms with van der Waals surface area (Å²) in [6.07, 6.45) is -3.39. The molecule has 0 radical (unpaired) electrons. The number of carbonyl (C=O) groups excluding carboxylic acids is 1. The summed E-state index contributed by atoms with van der Waals surface area (Å²) in [6, 6.07) is 0. The summed E-state index contributed by atoms with van der Waals surface area (Å²) in [4.78, 5) is 10.3. The Labute approximate surface area is 127 Å². The maximum atomic E-state index is 10.3. The minimum Gasteiger partial charge on any atom is -0.548 e. The summed E-state index contributed by atoms with van der Waals surface area (Å²) in [7, 11) is 1.34. The van der Waals surface area contributed by atoms with E-state index in [0.29, 0.717) is 0 Å². The molecule has 8 heteroatoms. The zero-order valence-electron chi connectivity index (χ0n) is 10.7. The summed E-state index contributed by atoms with van der Waals surface area (Å²) >= 11 is 0. The van der Waals surface area contributed by atoms with Crippen molar-refractivity contribution in [2.75, 3.05) is 20.3 Å². The van der Waals surface area contributed by atoms with Gasteiger partial charge in [-0.15, -0.1) is 0 Å². The van der Waals surface area contributed by atoms with Crippen LogP contribution in [0, 0.1) is 5.92 Å². The van der Waals surface area contributed by atoms with Gasteiger partial charge < -0.3 is 34.3 Å². The second-order valence-electron chi connectivity index (χ2n) is 3.96. The van der Waals surface area contributed by atoms with Gasteiger partial charge in [-0.05, 0) is 0 Å². The van der Waals surface area contributed by atoms with Crippen LogP contribution in [0.4, 0.5) is 0 Å². The summed E-state index contributed by atoms with van der Waals surface area (Å²) in [5.74, 6) is -1.78. The van der Waals surface area contributed by atoms with E-state index in [9.17, 15) is 15.0 Å². The molecule has 100 valence electrons. The van der Waals surface area contributed by atoms with Crippen LogP contribution in [0.25, 0.3) is 0 Å². The van der Waals surface area contributed by atoms with Gasteiger partial charge >= 0.3 is 29.6 Å². The number of aliphatic carboxylic acids is 1. The molecule has 1 heterocycles. The standard InChI is InChI=1S/C10H18O7.Na/c1-5-6(3-11)17-10(15-2)9(8(5)14)16-4-7(12)13;/h5-6,8-11,14H,3-4H2,1-2H3,(H,12,13);/q;+1/p-1/t5-,6?,8+,9?,10-;/m1./s1. The molecule has 1 saturated heterocycles. The molecule has 0 aromatic carbocycles. The van der Waals surface area contributed by atoms with E-state index in [-0.39, 0.29) is 36.2 Å². The van der Waals surface area contributed by atoms with Crippen molar-refractivity contribution in [1.82, 2.24) is 0 Å². The third kappa shape index (κ3) is 4.43. The molecular formula is C10H17NaO7. The molecule has 0 bridgehead atoms. The maximum Gasteiger partial charge on any atom is 1.00 e. The minimum atomic E-state index is -1.39. The molecule has 7 nitrogen and oxygen atoms in total. The van der Waals surface area contributed by atoms with Crippen LogP contribution < -0.4 is 34.7 Å². The molecule has 0 aromatic heterocycles. The van der Waals surface area contributed by atoms with Crippen molar-refractivity contribution in [3.63, 3.8) is 0 Å². The second kappa shape index (κ2) is 8.44. The Morgan fingerprint density at radius 2 is 2.11 bits per heavy atom. The van der Waals surface area contributed by atoms with Crippen LogP contribution in [-0.4, -0.2) is 61.1 Å².